The molecule has 0 aliphatic rings. The summed E-state index contributed by atoms with van der Waals surface area (Å²) in [6, 6.07) is 7.06. The van der Waals surface area contributed by atoms with Gasteiger partial charge in [-0.05, 0) is 12.1 Å². The van der Waals surface area contributed by atoms with Crippen LogP contribution in [0.15, 0.2) is 30.8 Å². The molecule has 0 aliphatic carbocycles. The first-order chi connectivity index (χ1) is 6.11. The van der Waals surface area contributed by atoms with Gasteiger partial charge in [0.05, 0.1) is 5.02 Å². The molecule has 0 saturated heterocycles. The van der Waals surface area contributed by atoms with Crippen molar-refractivity contribution in [1.82, 2.24) is 0 Å². The number of esters is 1. The van der Waals surface area contributed by atoms with Crippen LogP contribution < -0.4 is 0 Å². The summed E-state index contributed by atoms with van der Waals surface area (Å²) in [4.78, 5) is 10.6. The van der Waals surface area contributed by atoms with Crippen molar-refractivity contribution >= 4 is 23.3 Å². The number of carbonyl (C=O) groups is 1. The van der Waals surface area contributed by atoms with Gasteiger partial charge in [-0.25, -0.2) is 0 Å². The minimum atomic E-state index is -0.398. The Bertz CT molecular complexity index is 345. The molecular weight excluding hydrogens is 188 g/mol. The first-order valence-corrected chi connectivity index (χ1v) is 4.11. The fourth-order valence-corrected chi connectivity index (χ4v) is 1.16. The molecule has 0 spiro atoms. The highest BCUT2D eigenvalue weighted by atomic mass is 35.5. The molecule has 1 aromatic rings. The smallest absolute Gasteiger partial charge is 0.308 e. The molecule has 0 N–H and O–H groups in total. The molecule has 0 saturated carbocycles. The lowest BCUT2D eigenvalue weighted by atomic mass is 10.2. The monoisotopic (exact) mass is 196 g/mol. The number of carbonyl (C=O) groups excluding carboxylic acids is 1. The average Bonchev–Trinajstić information content (AvgIpc) is 2.03. The van der Waals surface area contributed by atoms with E-state index in [-0.39, 0.29) is 5.76 Å². The van der Waals surface area contributed by atoms with Crippen molar-refractivity contribution in [3.63, 3.8) is 0 Å². The molecule has 1 aromatic carbocycles. The standard InChI is InChI=1S/C10H9ClO2/c1-7(13-8(2)12)9-5-3-4-6-10(9)11/h3-6H,1H2,2H3. The van der Waals surface area contributed by atoms with Crippen molar-refractivity contribution in [3.05, 3.63) is 41.4 Å². The van der Waals surface area contributed by atoms with Crippen LogP contribution in [-0.4, -0.2) is 5.97 Å². The quantitative estimate of drug-likeness (QED) is 0.537. The van der Waals surface area contributed by atoms with Gasteiger partial charge in [0.2, 0.25) is 0 Å². The number of ether oxygens (including phenoxy) is 1. The highest BCUT2D eigenvalue weighted by Gasteiger charge is 2.05. The molecule has 0 heterocycles. The second-order valence-corrected chi connectivity index (χ2v) is 2.90. The van der Waals surface area contributed by atoms with Gasteiger partial charge in [-0.15, -0.1) is 0 Å². The summed E-state index contributed by atoms with van der Waals surface area (Å²) in [7, 11) is 0. The van der Waals surface area contributed by atoms with E-state index < -0.39 is 5.97 Å². The topological polar surface area (TPSA) is 26.3 Å². The van der Waals surface area contributed by atoms with Gasteiger partial charge in [0, 0.05) is 12.5 Å². The van der Waals surface area contributed by atoms with Gasteiger partial charge in [0.15, 0.2) is 0 Å². The van der Waals surface area contributed by atoms with Crippen LogP contribution in [0.3, 0.4) is 0 Å². The van der Waals surface area contributed by atoms with Crippen LogP contribution in [0, 0.1) is 0 Å². The van der Waals surface area contributed by atoms with Crippen LogP contribution in [0.2, 0.25) is 5.02 Å². The van der Waals surface area contributed by atoms with Crippen molar-refractivity contribution in [2.75, 3.05) is 0 Å². The Morgan fingerprint density at radius 1 is 1.46 bits per heavy atom. The zero-order valence-electron chi connectivity index (χ0n) is 7.21. The Balaban J connectivity index is 2.89. The average molecular weight is 197 g/mol. The molecule has 3 heteroatoms. The Labute approximate surface area is 81.8 Å². The molecule has 0 aromatic heterocycles. The summed E-state index contributed by atoms with van der Waals surface area (Å²) in [5.41, 5.74) is 0.638. The maximum absolute atomic E-state index is 10.6. The van der Waals surface area contributed by atoms with E-state index in [2.05, 4.69) is 6.58 Å². The van der Waals surface area contributed by atoms with E-state index in [0.717, 1.165) is 0 Å². The zero-order valence-corrected chi connectivity index (χ0v) is 7.97. The summed E-state index contributed by atoms with van der Waals surface area (Å²) >= 11 is 5.85. The molecule has 0 amide bonds. The number of hydrogen-bond donors (Lipinski definition) is 0. The molecule has 68 valence electrons. The summed E-state index contributed by atoms with van der Waals surface area (Å²) in [5.74, 6) is -0.122. The van der Waals surface area contributed by atoms with Gasteiger partial charge < -0.3 is 4.74 Å². The fourth-order valence-electron chi connectivity index (χ4n) is 0.916. The van der Waals surface area contributed by atoms with Crippen LogP contribution in [0.25, 0.3) is 5.76 Å². The maximum Gasteiger partial charge on any atom is 0.308 e. The van der Waals surface area contributed by atoms with Crippen molar-refractivity contribution in [2.24, 2.45) is 0 Å². The molecular formula is C10H9ClO2. The predicted octanol–water partition coefficient (Wildman–Crippen LogP) is 2.87. The molecule has 0 aliphatic heterocycles. The van der Waals surface area contributed by atoms with Gasteiger partial charge in [0.25, 0.3) is 0 Å². The van der Waals surface area contributed by atoms with Crippen molar-refractivity contribution < 1.29 is 9.53 Å². The SMILES string of the molecule is C=C(OC(C)=O)c1ccccc1Cl. The third-order valence-corrected chi connectivity index (χ3v) is 1.77. The lowest BCUT2D eigenvalue weighted by Gasteiger charge is -2.06. The highest BCUT2D eigenvalue weighted by Crippen LogP contribution is 2.22. The van der Waals surface area contributed by atoms with Gasteiger partial charge in [-0.1, -0.05) is 30.3 Å². The predicted molar refractivity (Wildman–Crippen MR) is 52.3 cm³/mol. The largest absolute Gasteiger partial charge is 0.427 e. The van der Waals surface area contributed by atoms with Gasteiger partial charge in [-0.3, -0.25) is 4.79 Å². The normalized spacial score (nSPS) is 9.38. The first-order valence-electron chi connectivity index (χ1n) is 3.73. The number of benzene rings is 1. The summed E-state index contributed by atoms with van der Waals surface area (Å²) < 4.78 is 4.80. The summed E-state index contributed by atoms with van der Waals surface area (Å²) in [6.07, 6.45) is 0. The Hall–Kier alpha value is -1.28. The van der Waals surface area contributed by atoms with E-state index >= 15 is 0 Å². The minimum absolute atomic E-state index is 0.276. The zero-order chi connectivity index (χ0) is 9.84. The summed E-state index contributed by atoms with van der Waals surface area (Å²) in [5, 5.41) is 0.522. The van der Waals surface area contributed by atoms with Crippen LogP contribution in [0.4, 0.5) is 0 Å². The molecule has 13 heavy (non-hydrogen) atoms. The number of rotatable bonds is 2. The molecule has 0 radical (unpaired) electrons. The van der Waals surface area contributed by atoms with Crippen LogP contribution in [0.1, 0.15) is 12.5 Å². The molecule has 0 fully saturated rings. The van der Waals surface area contributed by atoms with E-state index in [0.29, 0.717) is 10.6 Å². The second kappa shape index (κ2) is 4.10. The van der Waals surface area contributed by atoms with Crippen molar-refractivity contribution in [3.8, 4) is 0 Å². The van der Waals surface area contributed by atoms with Gasteiger partial charge in [-0.2, -0.15) is 0 Å². The van der Waals surface area contributed by atoms with E-state index in [1.807, 2.05) is 0 Å². The first kappa shape index (κ1) is 9.81. The van der Waals surface area contributed by atoms with Crippen LogP contribution >= 0.6 is 11.6 Å². The minimum Gasteiger partial charge on any atom is -0.427 e. The highest BCUT2D eigenvalue weighted by molar-refractivity contribution is 6.32. The molecule has 2 nitrogen and oxygen atoms in total. The Morgan fingerprint density at radius 2 is 2.08 bits per heavy atom. The van der Waals surface area contributed by atoms with Crippen LogP contribution in [-0.2, 0) is 9.53 Å². The maximum atomic E-state index is 10.6. The van der Waals surface area contributed by atoms with Gasteiger partial charge >= 0.3 is 5.97 Å². The van der Waals surface area contributed by atoms with Gasteiger partial charge in [0.1, 0.15) is 5.76 Å². The Kier molecular flexibility index (Phi) is 3.09. The molecule has 0 unspecified atom stereocenters. The van der Waals surface area contributed by atoms with E-state index in [1.54, 1.807) is 24.3 Å². The summed E-state index contributed by atoms with van der Waals surface area (Å²) in [6.45, 7) is 4.92. The molecule has 0 bridgehead atoms. The third-order valence-electron chi connectivity index (χ3n) is 1.44. The van der Waals surface area contributed by atoms with E-state index in [4.69, 9.17) is 16.3 Å². The van der Waals surface area contributed by atoms with Crippen molar-refractivity contribution in [2.45, 2.75) is 6.92 Å². The fraction of sp³-hybridized carbons (Fsp3) is 0.100. The molecule has 0 atom stereocenters. The molecule has 1 rings (SSSR count). The second-order valence-electron chi connectivity index (χ2n) is 2.50. The number of halogens is 1. The lowest BCUT2D eigenvalue weighted by Crippen LogP contribution is -1.97. The van der Waals surface area contributed by atoms with E-state index in [1.165, 1.54) is 6.92 Å². The Morgan fingerprint density at radius 3 is 2.62 bits per heavy atom. The van der Waals surface area contributed by atoms with Crippen LogP contribution in [0.5, 0.6) is 0 Å². The van der Waals surface area contributed by atoms with E-state index in [9.17, 15) is 4.79 Å². The lowest BCUT2D eigenvalue weighted by molar-refractivity contribution is -0.134. The van der Waals surface area contributed by atoms with Crippen molar-refractivity contribution in [1.29, 1.82) is 0 Å². The third kappa shape index (κ3) is 2.60. The number of hydrogen-bond acceptors (Lipinski definition) is 2.